The largest absolute Gasteiger partial charge is 0.325 e. The molecule has 0 aliphatic carbocycles. The second kappa shape index (κ2) is 8.75. The predicted molar refractivity (Wildman–Crippen MR) is 110 cm³/mol. The summed E-state index contributed by atoms with van der Waals surface area (Å²) in [6.45, 7) is 3.37. The molecule has 0 radical (unpaired) electrons. The standard InChI is InChI=1S/C22H22N2O2S/c1-15(22(26)24-19-12-10-17(11-13-19)16(2)25)23-21(20-9-6-14-27-20)18-7-4-3-5-8-18/h3-15,21,23H,1-2H3,(H,24,26)/t15-,21+/m1/s1. The van der Waals surface area contributed by atoms with Crippen molar-refractivity contribution in [1.82, 2.24) is 5.32 Å². The highest BCUT2D eigenvalue weighted by atomic mass is 32.1. The van der Waals surface area contributed by atoms with Crippen molar-refractivity contribution < 1.29 is 9.59 Å². The predicted octanol–water partition coefficient (Wildman–Crippen LogP) is 4.66. The molecule has 0 aliphatic heterocycles. The van der Waals surface area contributed by atoms with E-state index in [2.05, 4.69) is 28.8 Å². The average Bonchev–Trinajstić information content (AvgIpc) is 3.21. The van der Waals surface area contributed by atoms with E-state index in [1.165, 1.54) is 6.92 Å². The summed E-state index contributed by atoms with van der Waals surface area (Å²) in [5.41, 5.74) is 2.41. The fourth-order valence-electron chi connectivity index (χ4n) is 2.81. The van der Waals surface area contributed by atoms with Gasteiger partial charge in [0, 0.05) is 16.1 Å². The minimum absolute atomic E-state index is 0.00422. The number of carbonyl (C=O) groups excluding carboxylic acids is 2. The number of benzene rings is 2. The van der Waals surface area contributed by atoms with Gasteiger partial charge in [0.05, 0.1) is 12.1 Å². The van der Waals surface area contributed by atoms with E-state index >= 15 is 0 Å². The first kappa shape index (κ1) is 19.0. The molecule has 1 aromatic heterocycles. The summed E-state index contributed by atoms with van der Waals surface area (Å²) in [6.07, 6.45) is 0. The normalized spacial score (nSPS) is 13.0. The van der Waals surface area contributed by atoms with Crippen LogP contribution in [0.15, 0.2) is 72.1 Å². The van der Waals surface area contributed by atoms with Crippen molar-refractivity contribution in [3.8, 4) is 0 Å². The maximum absolute atomic E-state index is 12.6. The fraction of sp³-hybridized carbons (Fsp3) is 0.182. The molecule has 0 bridgehead atoms. The molecule has 3 rings (SSSR count). The second-order valence-electron chi connectivity index (χ2n) is 6.37. The number of thiophene rings is 1. The molecule has 0 saturated carbocycles. The molecule has 1 heterocycles. The van der Waals surface area contributed by atoms with Gasteiger partial charge in [-0.25, -0.2) is 0 Å². The molecule has 0 saturated heterocycles. The maximum atomic E-state index is 12.6. The third-order valence-corrected chi connectivity index (χ3v) is 5.27. The molecule has 2 atom stereocenters. The minimum Gasteiger partial charge on any atom is -0.325 e. The SMILES string of the molecule is CC(=O)c1ccc(NC(=O)[C@@H](C)N[C@@H](c2ccccc2)c2cccs2)cc1. The van der Waals surface area contributed by atoms with Gasteiger partial charge in [-0.1, -0.05) is 36.4 Å². The van der Waals surface area contributed by atoms with E-state index in [4.69, 9.17) is 0 Å². The average molecular weight is 378 g/mol. The van der Waals surface area contributed by atoms with Crippen LogP contribution in [0.2, 0.25) is 0 Å². The van der Waals surface area contributed by atoms with Gasteiger partial charge in [-0.15, -0.1) is 11.3 Å². The lowest BCUT2D eigenvalue weighted by atomic mass is 10.0. The number of ketones is 1. The van der Waals surface area contributed by atoms with Gasteiger partial charge in [0.2, 0.25) is 5.91 Å². The molecule has 1 amide bonds. The molecule has 4 nitrogen and oxygen atoms in total. The quantitative estimate of drug-likeness (QED) is 0.588. The van der Waals surface area contributed by atoms with Crippen molar-refractivity contribution in [2.45, 2.75) is 25.9 Å². The van der Waals surface area contributed by atoms with Crippen molar-refractivity contribution in [2.75, 3.05) is 5.32 Å². The number of amides is 1. The van der Waals surface area contributed by atoms with Crippen LogP contribution in [0.5, 0.6) is 0 Å². The molecule has 0 unspecified atom stereocenters. The molecule has 138 valence electrons. The Morgan fingerprint density at radius 1 is 0.926 bits per heavy atom. The van der Waals surface area contributed by atoms with Crippen LogP contribution in [0.1, 0.15) is 40.7 Å². The van der Waals surface area contributed by atoms with Crippen LogP contribution in [-0.4, -0.2) is 17.7 Å². The van der Waals surface area contributed by atoms with Crippen molar-refractivity contribution >= 4 is 28.7 Å². The first-order chi connectivity index (χ1) is 13.0. The van der Waals surface area contributed by atoms with Gasteiger partial charge in [0.25, 0.3) is 0 Å². The zero-order valence-corrected chi connectivity index (χ0v) is 16.1. The number of carbonyl (C=O) groups is 2. The summed E-state index contributed by atoms with van der Waals surface area (Å²) >= 11 is 1.66. The molecular formula is C22H22N2O2S. The van der Waals surface area contributed by atoms with E-state index in [1.54, 1.807) is 35.6 Å². The van der Waals surface area contributed by atoms with Gasteiger partial charge in [-0.05, 0) is 55.1 Å². The smallest absolute Gasteiger partial charge is 0.241 e. The number of hydrogen-bond donors (Lipinski definition) is 2. The number of rotatable bonds is 7. The lowest BCUT2D eigenvalue weighted by Crippen LogP contribution is -2.40. The summed E-state index contributed by atoms with van der Waals surface area (Å²) in [4.78, 5) is 25.1. The van der Waals surface area contributed by atoms with Crippen LogP contribution in [-0.2, 0) is 4.79 Å². The molecule has 2 aromatic carbocycles. The summed E-state index contributed by atoms with van der Waals surface area (Å²) in [6, 6.07) is 20.7. The van der Waals surface area contributed by atoms with Gasteiger partial charge < -0.3 is 5.32 Å². The zero-order valence-electron chi connectivity index (χ0n) is 15.3. The molecule has 5 heteroatoms. The van der Waals surface area contributed by atoms with Crippen LogP contribution >= 0.6 is 11.3 Å². The van der Waals surface area contributed by atoms with E-state index in [0.29, 0.717) is 11.3 Å². The highest BCUT2D eigenvalue weighted by Crippen LogP contribution is 2.26. The third-order valence-electron chi connectivity index (χ3n) is 4.33. The molecule has 2 N–H and O–H groups in total. The monoisotopic (exact) mass is 378 g/mol. The molecule has 0 fully saturated rings. The van der Waals surface area contributed by atoms with Crippen molar-refractivity contribution in [3.63, 3.8) is 0 Å². The highest BCUT2D eigenvalue weighted by molar-refractivity contribution is 7.10. The number of hydrogen-bond acceptors (Lipinski definition) is 4. The molecule has 0 aliphatic rings. The fourth-order valence-corrected chi connectivity index (χ4v) is 3.62. The van der Waals surface area contributed by atoms with Gasteiger partial charge >= 0.3 is 0 Å². The Balaban J connectivity index is 1.70. The molecule has 27 heavy (non-hydrogen) atoms. The van der Waals surface area contributed by atoms with Crippen molar-refractivity contribution in [2.24, 2.45) is 0 Å². The Morgan fingerprint density at radius 3 is 2.22 bits per heavy atom. The lowest BCUT2D eigenvalue weighted by molar-refractivity contribution is -0.117. The third kappa shape index (κ3) is 4.90. The van der Waals surface area contributed by atoms with E-state index in [0.717, 1.165) is 10.4 Å². The van der Waals surface area contributed by atoms with Crippen molar-refractivity contribution in [1.29, 1.82) is 0 Å². The Bertz CT molecular complexity index is 890. The van der Waals surface area contributed by atoms with Crippen LogP contribution < -0.4 is 10.6 Å². The number of anilines is 1. The summed E-state index contributed by atoms with van der Waals surface area (Å²) in [7, 11) is 0. The maximum Gasteiger partial charge on any atom is 0.241 e. The van der Waals surface area contributed by atoms with Gasteiger partial charge in [0.1, 0.15) is 0 Å². The molecule has 3 aromatic rings. The number of nitrogens with one attached hydrogen (secondary N) is 2. The second-order valence-corrected chi connectivity index (χ2v) is 7.35. The highest BCUT2D eigenvalue weighted by Gasteiger charge is 2.21. The molecule has 0 spiro atoms. The van der Waals surface area contributed by atoms with Gasteiger partial charge in [-0.2, -0.15) is 0 Å². The van der Waals surface area contributed by atoms with Crippen LogP contribution in [0.4, 0.5) is 5.69 Å². The first-order valence-electron chi connectivity index (χ1n) is 8.81. The van der Waals surface area contributed by atoms with Crippen LogP contribution in [0.25, 0.3) is 0 Å². The van der Waals surface area contributed by atoms with Gasteiger partial charge in [-0.3, -0.25) is 14.9 Å². The van der Waals surface area contributed by atoms with E-state index < -0.39 is 6.04 Å². The van der Waals surface area contributed by atoms with E-state index in [1.807, 2.05) is 36.6 Å². The topological polar surface area (TPSA) is 58.2 Å². The van der Waals surface area contributed by atoms with E-state index in [9.17, 15) is 9.59 Å². The molecular weight excluding hydrogens is 356 g/mol. The zero-order chi connectivity index (χ0) is 19.2. The van der Waals surface area contributed by atoms with Crippen LogP contribution in [0.3, 0.4) is 0 Å². The Morgan fingerprint density at radius 2 is 1.63 bits per heavy atom. The van der Waals surface area contributed by atoms with Gasteiger partial charge in [0.15, 0.2) is 5.78 Å². The van der Waals surface area contributed by atoms with Crippen molar-refractivity contribution in [3.05, 3.63) is 88.1 Å². The van der Waals surface area contributed by atoms with Crippen LogP contribution in [0, 0.1) is 0 Å². The minimum atomic E-state index is -0.398. The Hall–Kier alpha value is -2.76. The van der Waals surface area contributed by atoms with E-state index in [-0.39, 0.29) is 17.7 Å². The first-order valence-corrected chi connectivity index (χ1v) is 9.69. The summed E-state index contributed by atoms with van der Waals surface area (Å²) in [5, 5.41) is 8.37. The number of Topliss-reactive ketones (excluding diaryl/α,β-unsaturated/α-hetero) is 1. The Labute approximate surface area is 163 Å². The summed E-state index contributed by atoms with van der Waals surface area (Å²) < 4.78 is 0. The summed E-state index contributed by atoms with van der Waals surface area (Å²) in [5.74, 6) is -0.118. The lowest BCUT2D eigenvalue weighted by Gasteiger charge is -2.22. The Kier molecular flexibility index (Phi) is 6.16.